The lowest BCUT2D eigenvalue weighted by molar-refractivity contribution is 0.0955. The molecule has 0 radical (unpaired) electrons. The number of nitrogens with two attached hydrogens (primary N) is 1. The Hall–Kier alpha value is -2.64. The summed E-state index contributed by atoms with van der Waals surface area (Å²) in [6.07, 6.45) is 0. The average molecular weight is 400 g/mol. The monoisotopic (exact) mass is 399 g/mol. The van der Waals surface area contributed by atoms with Gasteiger partial charge in [0.05, 0.1) is 13.7 Å². The summed E-state index contributed by atoms with van der Waals surface area (Å²) in [7, 11) is 1.63. The summed E-state index contributed by atoms with van der Waals surface area (Å²) >= 11 is 6.65. The molecule has 0 aliphatic rings. The highest BCUT2D eigenvalue weighted by Crippen LogP contribution is 2.24. The molecule has 0 aliphatic carbocycles. The van der Waals surface area contributed by atoms with Crippen molar-refractivity contribution in [3.63, 3.8) is 0 Å². The Bertz CT molecular complexity index is 990. The number of aryl methyl sites for hydroxylation is 1. The molecule has 1 aromatic heterocycles. The van der Waals surface area contributed by atoms with Crippen LogP contribution in [-0.2, 0) is 13.1 Å². The van der Waals surface area contributed by atoms with E-state index in [4.69, 9.17) is 22.7 Å². The number of amides is 1. The second kappa shape index (κ2) is 8.37. The minimum absolute atomic E-state index is 0.211. The van der Waals surface area contributed by atoms with Crippen molar-refractivity contribution in [3.05, 3.63) is 74.1 Å². The standard InChI is InChI=1S/C20H21N3O2S2/c1-13-3-5-14(6-4-13)11-22-19(24)17-18(21)23(20(26)27-17)12-15-7-9-16(25-2)10-8-15/h3-10H,11-12,21H2,1-2H3,(H,22,24). The highest BCUT2D eigenvalue weighted by atomic mass is 32.1. The van der Waals surface area contributed by atoms with Crippen molar-refractivity contribution in [2.24, 2.45) is 0 Å². The molecule has 1 heterocycles. The van der Waals surface area contributed by atoms with Crippen molar-refractivity contribution in [1.82, 2.24) is 9.88 Å². The zero-order valence-electron chi connectivity index (χ0n) is 15.2. The number of hydrogen-bond acceptors (Lipinski definition) is 5. The molecule has 0 saturated carbocycles. The van der Waals surface area contributed by atoms with Crippen LogP contribution < -0.4 is 15.8 Å². The van der Waals surface area contributed by atoms with Crippen LogP contribution in [0.15, 0.2) is 48.5 Å². The molecular formula is C20H21N3O2S2. The zero-order valence-corrected chi connectivity index (χ0v) is 16.8. The summed E-state index contributed by atoms with van der Waals surface area (Å²) in [6, 6.07) is 15.7. The largest absolute Gasteiger partial charge is 0.497 e. The number of carbonyl (C=O) groups excluding carboxylic acids is 1. The van der Waals surface area contributed by atoms with Gasteiger partial charge in [0.1, 0.15) is 16.4 Å². The number of nitrogen functional groups attached to an aromatic ring is 1. The summed E-state index contributed by atoms with van der Waals surface area (Å²) in [5, 5.41) is 2.91. The van der Waals surface area contributed by atoms with Crippen LogP contribution in [0.3, 0.4) is 0 Å². The minimum Gasteiger partial charge on any atom is -0.497 e. The Morgan fingerprint density at radius 1 is 1.15 bits per heavy atom. The first-order valence-electron chi connectivity index (χ1n) is 8.43. The lowest BCUT2D eigenvalue weighted by Gasteiger charge is -2.08. The summed E-state index contributed by atoms with van der Waals surface area (Å²) < 4.78 is 7.52. The fraction of sp³-hybridized carbons (Fsp3) is 0.200. The molecule has 1 amide bonds. The van der Waals surface area contributed by atoms with Crippen LogP contribution in [0.5, 0.6) is 5.75 Å². The third-order valence-corrected chi connectivity index (χ3v) is 5.68. The molecule has 0 unspecified atom stereocenters. The number of benzene rings is 2. The van der Waals surface area contributed by atoms with Gasteiger partial charge < -0.3 is 20.4 Å². The normalized spacial score (nSPS) is 10.6. The van der Waals surface area contributed by atoms with Crippen LogP contribution in [0.1, 0.15) is 26.4 Å². The van der Waals surface area contributed by atoms with Crippen LogP contribution in [0.25, 0.3) is 0 Å². The third kappa shape index (κ3) is 4.56. The van der Waals surface area contributed by atoms with E-state index in [0.29, 0.717) is 27.7 Å². The van der Waals surface area contributed by atoms with E-state index in [9.17, 15) is 4.79 Å². The summed E-state index contributed by atoms with van der Waals surface area (Å²) in [6.45, 7) is 2.99. The van der Waals surface area contributed by atoms with Crippen LogP contribution in [0, 0.1) is 10.9 Å². The Kier molecular flexibility index (Phi) is 5.93. The predicted molar refractivity (Wildman–Crippen MR) is 112 cm³/mol. The fourth-order valence-corrected chi connectivity index (χ4v) is 3.85. The molecule has 5 nitrogen and oxygen atoms in total. The van der Waals surface area contributed by atoms with E-state index < -0.39 is 0 Å². The van der Waals surface area contributed by atoms with E-state index in [2.05, 4.69) is 5.32 Å². The Morgan fingerprint density at radius 3 is 2.41 bits per heavy atom. The molecule has 3 rings (SSSR count). The maximum Gasteiger partial charge on any atom is 0.265 e. The Labute approximate surface area is 167 Å². The second-order valence-electron chi connectivity index (χ2n) is 6.18. The number of anilines is 1. The molecule has 0 atom stereocenters. The first-order chi connectivity index (χ1) is 13.0. The molecule has 0 saturated heterocycles. The molecule has 0 spiro atoms. The van der Waals surface area contributed by atoms with E-state index in [0.717, 1.165) is 16.9 Å². The SMILES string of the molecule is COc1ccc(Cn2c(N)c(C(=O)NCc3ccc(C)cc3)sc2=S)cc1. The summed E-state index contributed by atoms with van der Waals surface area (Å²) in [5.41, 5.74) is 9.47. The molecule has 0 fully saturated rings. The summed E-state index contributed by atoms with van der Waals surface area (Å²) in [5.74, 6) is 0.969. The number of hydrogen-bond donors (Lipinski definition) is 2. The number of ether oxygens (including phenoxy) is 1. The van der Waals surface area contributed by atoms with Crippen LogP contribution in [-0.4, -0.2) is 17.6 Å². The maximum absolute atomic E-state index is 12.6. The van der Waals surface area contributed by atoms with Gasteiger partial charge in [-0.2, -0.15) is 0 Å². The molecule has 140 valence electrons. The molecule has 0 aliphatic heterocycles. The van der Waals surface area contributed by atoms with Gasteiger partial charge in [0.25, 0.3) is 5.91 Å². The summed E-state index contributed by atoms with van der Waals surface area (Å²) in [4.78, 5) is 13.0. The van der Waals surface area contributed by atoms with Crippen molar-refractivity contribution in [2.45, 2.75) is 20.0 Å². The van der Waals surface area contributed by atoms with E-state index in [1.54, 1.807) is 11.7 Å². The lowest BCUT2D eigenvalue weighted by Crippen LogP contribution is -2.23. The second-order valence-corrected chi connectivity index (χ2v) is 7.83. The topological polar surface area (TPSA) is 69.3 Å². The number of thiazole rings is 1. The van der Waals surface area contributed by atoms with Crippen molar-refractivity contribution < 1.29 is 9.53 Å². The number of aromatic nitrogens is 1. The van der Waals surface area contributed by atoms with Gasteiger partial charge in [0.15, 0.2) is 3.95 Å². The Balaban J connectivity index is 1.72. The number of rotatable bonds is 6. The zero-order chi connectivity index (χ0) is 19.4. The lowest BCUT2D eigenvalue weighted by atomic mass is 10.1. The smallest absolute Gasteiger partial charge is 0.265 e. The number of nitrogens with zero attached hydrogens (tertiary/aromatic N) is 1. The van der Waals surface area contributed by atoms with E-state index in [1.165, 1.54) is 16.9 Å². The van der Waals surface area contributed by atoms with Gasteiger partial charge in [0.2, 0.25) is 0 Å². The molecule has 2 aromatic carbocycles. The van der Waals surface area contributed by atoms with Gasteiger partial charge in [-0.3, -0.25) is 4.79 Å². The predicted octanol–water partition coefficient (Wildman–Crippen LogP) is 4.16. The van der Waals surface area contributed by atoms with E-state index in [1.807, 2.05) is 55.5 Å². The van der Waals surface area contributed by atoms with E-state index >= 15 is 0 Å². The van der Waals surface area contributed by atoms with Gasteiger partial charge in [0, 0.05) is 6.54 Å². The number of methoxy groups -OCH3 is 1. The quantitative estimate of drug-likeness (QED) is 0.611. The molecule has 27 heavy (non-hydrogen) atoms. The van der Waals surface area contributed by atoms with E-state index in [-0.39, 0.29) is 5.91 Å². The first-order valence-corrected chi connectivity index (χ1v) is 9.66. The van der Waals surface area contributed by atoms with Gasteiger partial charge in [-0.1, -0.05) is 53.3 Å². The van der Waals surface area contributed by atoms with Gasteiger partial charge >= 0.3 is 0 Å². The van der Waals surface area contributed by atoms with Gasteiger partial charge in [-0.05, 0) is 42.4 Å². The van der Waals surface area contributed by atoms with Gasteiger partial charge in [-0.15, -0.1) is 0 Å². The minimum atomic E-state index is -0.211. The molecular weight excluding hydrogens is 378 g/mol. The van der Waals surface area contributed by atoms with Crippen LogP contribution in [0.4, 0.5) is 5.82 Å². The Morgan fingerprint density at radius 2 is 1.78 bits per heavy atom. The molecule has 3 N–H and O–H groups in total. The number of nitrogens with one attached hydrogen (secondary N) is 1. The van der Waals surface area contributed by atoms with Crippen molar-refractivity contribution >= 4 is 35.3 Å². The third-order valence-electron chi connectivity index (χ3n) is 4.21. The highest BCUT2D eigenvalue weighted by Gasteiger charge is 2.17. The fourth-order valence-electron chi connectivity index (χ4n) is 2.61. The van der Waals surface area contributed by atoms with Crippen molar-refractivity contribution in [1.29, 1.82) is 0 Å². The number of carbonyl (C=O) groups is 1. The molecule has 7 heteroatoms. The van der Waals surface area contributed by atoms with Gasteiger partial charge in [-0.25, -0.2) is 0 Å². The molecule has 3 aromatic rings. The molecule has 0 bridgehead atoms. The first kappa shape index (κ1) is 19.1. The van der Waals surface area contributed by atoms with Crippen LogP contribution >= 0.6 is 23.6 Å². The maximum atomic E-state index is 12.6. The van der Waals surface area contributed by atoms with Crippen molar-refractivity contribution in [3.8, 4) is 5.75 Å². The highest BCUT2D eigenvalue weighted by molar-refractivity contribution is 7.73. The van der Waals surface area contributed by atoms with Crippen molar-refractivity contribution in [2.75, 3.05) is 12.8 Å². The van der Waals surface area contributed by atoms with Crippen LogP contribution in [0.2, 0.25) is 0 Å². The average Bonchev–Trinajstić information content (AvgIpc) is 2.96.